The summed E-state index contributed by atoms with van der Waals surface area (Å²) in [5, 5.41) is 8.99. The lowest BCUT2D eigenvalue weighted by atomic mass is 10.0. The van der Waals surface area contributed by atoms with Gasteiger partial charge in [0.1, 0.15) is 12.1 Å². The number of likely N-dealkylation sites (tertiary alicyclic amines) is 1. The lowest BCUT2D eigenvalue weighted by molar-refractivity contribution is -0.121. The van der Waals surface area contributed by atoms with Crippen LogP contribution in [0, 0.1) is 0 Å². The van der Waals surface area contributed by atoms with Crippen molar-refractivity contribution in [1.29, 1.82) is 0 Å². The third kappa shape index (κ3) is 3.92. The Morgan fingerprint density at radius 2 is 2.07 bits per heavy atom. The lowest BCUT2D eigenvalue weighted by Gasteiger charge is -2.33. The molecule has 4 rings (SSSR count). The van der Waals surface area contributed by atoms with Crippen molar-refractivity contribution < 1.29 is 4.79 Å². The zero-order chi connectivity index (χ0) is 20.4. The number of hydrogen-bond donors (Lipinski definition) is 1. The number of nitrogens with zero attached hydrogens (tertiary/aromatic N) is 4. The van der Waals surface area contributed by atoms with Crippen LogP contribution in [0.1, 0.15) is 32.6 Å². The average molecular weight is 396 g/mol. The Bertz CT molecular complexity index is 1080. The van der Waals surface area contributed by atoms with Crippen molar-refractivity contribution in [2.24, 2.45) is 7.05 Å². The first-order chi connectivity index (χ1) is 14.1. The minimum Gasteiger partial charge on any atom is -0.354 e. The molecule has 1 fully saturated rings. The van der Waals surface area contributed by atoms with E-state index < -0.39 is 0 Å². The van der Waals surface area contributed by atoms with Gasteiger partial charge in [0, 0.05) is 42.5 Å². The second-order valence-corrected chi connectivity index (χ2v) is 8.03. The van der Waals surface area contributed by atoms with E-state index in [0.717, 1.165) is 35.8 Å². The number of amides is 1. The van der Waals surface area contributed by atoms with Crippen LogP contribution >= 0.6 is 0 Å². The van der Waals surface area contributed by atoms with Gasteiger partial charge in [-0.05, 0) is 38.8 Å². The molecule has 7 nitrogen and oxygen atoms in total. The number of aromatic nitrogens is 3. The molecule has 29 heavy (non-hydrogen) atoms. The number of rotatable bonds is 6. The van der Waals surface area contributed by atoms with Crippen LogP contribution in [0.25, 0.3) is 21.8 Å². The van der Waals surface area contributed by atoms with Crippen molar-refractivity contribution in [2.45, 2.75) is 45.2 Å². The first kappa shape index (κ1) is 19.6. The minimum atomic E-state index is -0.238. The summed E-state index contributed by atoms with van der Waals surface area (Å²) < 4.78 is 3.13. The molecular formula is C22H29N5O2. The second kappa shape index (κ2) is 8.37. The number of nitrogens with one attached hydrogen (secondary N) is 1. The normalized spacial score (nSPS) is 17.8. The molecule has 1 aliphatic heterocycles. The molecule has 0 radical (unpaired) electrons. The third-order valence-corrected chi connectivity index (χ3v) is 6.09. The molecule has 1 atom stereocenters. The van der Waals surface area contributed by atoms with Crippen molar-refractivity contribution in [3.8, 4) is 0 Å². The molecule has 154 valence electrons. The van der Waals surface area contributed by atoms with Gasteiger partial charge in [0.05, 0.1) is 6.20 Å². The molecule has 0 spiro atoms. The number of carbonyl (C=O) groups is 1. The smallest absolute Gasteiger partial charge is 0.291 e. The van der Waals surface area contributed by atoms with Crippen molar-refractivity contribution in [2.75, 3.05) is 19.6 Å². The molecule has 1 amide bonds. The van der Waals surface area contributed by atoms with Crippen molar-refractivity contribution in [3.63, 3.8) is 0 Å². The number of carbonyl (C=O) groups excluding carboxylic acids is 1. The van der Waals surface area contributed by atoms with Gasteiger partial charge in [0.2, 0.25) is 5.91 Å². The second-order valence-electron chi connectivity index (χ2n) is 8.03. The summed E-state index contributed by atoms with van der Waals surface area (Å²) in [6.45, 7) is 4.99. The van der Waals surface area contributed by atoms with Crippen LogP contribution in [-0.4, -0.2) is 50.8 Å². The monoisotopic (exact) mass is 395 g/mol. The highest BCUT2D eigenvalue weighted by atomic mass is 16.2. The van der Waals surface area contributed by atoms with E-state index in [1.54, 1.807) is 6.20 Å². The molecule has 3 aromatic rings. The Hall–Kier alpha value is -2.67. The van der Waals surface area contributed by atoms with Crippen LogP contribution in [0.2, 0.25) is 0 Å². The summed E-state index contributed by atoms with van der Waals surface area (Å²) in [6, 6.07) is 8.50. The average Bonchev–Trinajstić information content (AvgIpc) is 3.02. The summed E-state index contributed by atoms with van der Waals surface area (Å²) in [4.78, 5) is 27.8. The van der Waals surface area contributed by atoms with Crippen LogP contribution < -0.4 is 10.9 Å². The van der Waals surface area contributed by atoms with Gasteiger partial charge >= 0.3 is 0 Å². The summed E-state index contributed by atoms with van der Waals surface area (Å²) >= 11 is 0. The lowest BCUT2D eigenvalue weighted by Crippen LogP contribution is -2.40. The molecule has 1 aromatic carbocycles. The van der Waals surface area contributed by atoms with Crippen LogP contribution in [-0.2, 0) is 18.4 Å². The van der Waals surface area contributed by atoms with Gasteiger partial charge in [-0.1, -0.05) is 24.6 Å². The predicted octanol–water partition coefficient (Wildman–Crippen LogP) is 2.27. The SMILES string of the molecule is C[C@H]1CCCCN1CCCNC(=O)Cn1ncc2c3ccccc3n(C)c2c1=O. The Morgan fingerprint density at radius 3 is 2.90 bits per heavy atom. The molecule has 0 unspecified atom stereocenters. The zero-order valence-corrected chi connectivity index (χ0v) is 17.2. The number of hydrogen-bond acceptors (Lipinski definition) is 4. The van der Waals surface area contributed by atoms with Gasteiger partial charge in [-0.15, -0.1) is 0 Å². The maximum Gasteiger partial charge on any atom is 0.291 e. The molecular weight excluding hydrogens is 366 g/mol. The topological polar surface area (TPSA) is 72.2 Å². The molecule has 0 saturated carbocycles. The summed E-state index contributed by atoms with van der Waals surface area (Å²) in [7, 11) is 1.87. The Balaban J connectivity index is 1.39. The van der Waals surface area contributed by atoms with E-state index in [9.17, 15) is 9.59 Å². The van der Waals surface area contributed by atoms with Crippen LogP contribution in [0.3, 0.4) is 0 Å². The van der Waals surface area contributed by atoms with E-state index in [4.69, 9.17) is 0 Å². The van der Waals surface area contributed by atoms with E-state index in [1.807, 2.05) is 35.9 Å². The highest BCUT2D eigenvalue weighted by Gasteiger charge is 2.18. The van der Waals surface area contributed by atoms with Crippen LogP contribution in [0.5, 0.6) is 0 Å². The number of para-hydroxylation sites is 1. The molecule has 1 aliphatic rings. The van der Waals surface area contributed by atoms with Gasteiger partial charge in [-0.3, -0.25) is 9.59 Å². The molecule has 1 N–H and O–H groups in total. The Morgan fingerprint density at radius 1 is 1.24 bits per heavy atom. The molecule has 1 saturated heterocycles. The van der Waals surface area contributed by atoms with Gasteiger partial charge < -0.3 is 14.8 Å². The van der Waals surface area contributed by atoms with E-state index >= 15 is 0 Å². The molecule has 0 bridgehead atoms. The highest BCUT2D eigenvalue weighted by Crippen LogP contribution is 2.24. The van der Waals surface area contributed by atoms with Gasteiger partial charge in [-0.2, -0.15) is 5.10 Å². The maximum atomic E-state index is 12.9. The first-order valence-corrected chi connectivity index (χ1v) is 10.5. The molecule has 3 heterocycles. The number of piperidine rings is 1. The number of benzene rings is 1. The quantitative estimate of drug-likeness (QED) is 0.650. The largest absolute Gasteiger partial charge is 0.354 e. The molecule has 0 aliphatic carbocycles. The number of aryl methyl sites for hydroxylation is 1. The zero-order valence-electron chi connectivity index (χ0n) is 17.2. The van der Waals surface area contributed by atoms with Gasteiger partial charge in [0.15, 0.2) is 0 Å². The van der Waals surface area contributed by atoms with Crippen LogP contribution in [0.15, 0.2) is 35.3 Å². The van der Waals surface area contributed by atoms with E-state index in [-0.39, 0.29) is 18.0 Å². The summed E-state index contributed by atoms with van der Waals surface area (Å²) in [5.41, 5.74) is 1.32. The van der Waals surface area contributed by atoms with Crippen molar-refractivity contribution >= 4 is 27.7 Å². The van der Waals surface area contributed by atoms with Crippen molar-refractivity contribution in [1.82, 2.24) is 24.6 Å². The van der Waals surface area contributed by atoms with Gasteiger partial charge in [0.25, 0.3) is 5.56 Å². The third-order valence-electron chi connectivity index (χ3n) is 6.09. The minimum absolute atomic E-state index is 0.0591. The van der Waals surface area contributed by atoms with Crippen LogP contribution in [0.4, 0.5) is 0 Å². The molecule has 7 heteroatoms. The Labute approximate surface area is 170 Å². The fourth-order valence-electron chi connectivity index (χ4n) is 4.42. The number of fused-ring (bicyclic) bond motifs is 3. The fourth-order valence-corrected chi connectivity index (χ4v) is 4.42. The Kier molecular flexibility index (Phi) is 5.67. The summed E-state index contributed by atoms with van der Waals surface area (Å²) in [5.74, 6) is -0.176. The predicted molar refractivity (Wildman–Crippen MR) is 115 cm³/mol. The standard InChI is InChI=1S/C22H29N5O2/c1-16-8-5-6-12-26(16)13-7-11-23-20(28)15-27-22(29)21-18(14-24-27)17-9-3-4-10-19(17)25(21)2/h3-4,9-10,14,16H,5-8,11-13,15H2,1-2H3,(H,23,28)/t16-/m0/s1. The van der Waals surface area contributed by atoms with E-state index in [2.05, 4.69) is 22.2 Å². The van der Waals surface area contributed by atoms with E-state index in [1.165, 1.54) is 23.9 Å². The van der Waals surface area contributed by atoms with E-state index in [0.29, 0.717) is 18.1 Å². The maximum absolute atomic E-state index is 12.9. The highest BCUT2D eigenvalue weighted by molar-refractivity contribution is 6.07. The molecule has 2 aromatic heterocycles. The van der Waals surface area contributed by atoms with Crippen molar-refractivity contribution in [3.05, 3.63) is 40.8 Å². The van der Waals surface area contributed by atoms with Gasteiger partial charge in [-0.25, -0.2) is 4.68 Å². The summed E-state index contributed by atoms with van der Waals surface area (Å²) in [6.07, 6.45) is 6.45. The fraction of sp³-hybridized carbons (Fsp3) is 0.500. The first-order valence-electron chi connectivity index (χ1n) is 10.5.